The van der Waals surface area contributed by atoms with Crippen LogP contribution in [-0.2, 0) is 14.3 Å². The van der Waals surface area contributed by atoms with Gasteiger partial charge >= 0.3 is 18.2 Å². The topological polar surface area (TPSA) is 96.4 Å². The zero-order chi connectivity index (χ0) is 17.9. The first kappa shape index (κ1) is 18.4. The lowest BCUT2D eigenvalue weighted by Gasteiger charge is -2.39. The van der Waals surface area contributed by atoms with Gasteiger partial charge in [0.15, 0.2) is 6.04 Å². The maximum atomic E-state index is 12.4. The third kappa shape index (κ3) is 4.75. The molecule has 2 amide bonds. The summed E-state index contributed by atoms with van der Waals surface area (Å²) >= 11 is 0. The summed E-state index contributed by atoms with van der Waals surface area (Å²) in [5, 5.41) is 9.31. The maximum Gasteiger partial charge on any atom is 0.410 e. The molecule has 1 saturated carbocycles. The van der Waals surface area contributed by atoms with Gasteiger partial charge in [0.05, 0.1) is 6.54 Å². The van der Waals surface area contributed by atoms with Crippen molar-refractivity contribution in [2.45, 2.75) is 64.2 Å². The van der Waals surface area contributed by atoms with E-state index in [9.17, 15) is 19.5 Å². The Labute approximate surface area is 141 Å². The van der Waals surface area contributed by atoms with E-state index in [-0.39, 0.29) is 25.7 Å². The minimum absolute atomic E-state index is 0.0488. The van der Waals surface area contributed by atoms with Crippen LogP contribution in [0.15, 0.2) is 0 Å². The quantitative estimate of drug-likeness (QED) is 0.772. The minimum Gasteiger partial charge on any atom is -0.465 e. The fourth-order valence-corrected chi connectivity index (χ4v) is 2.95. The molecule has 0 aromatic carbocycles. The summed E-state index contributed by atoms with van der Waals surface area (Å²) in [4.78, 5) is 38.4. The maximum absolute atomic E-state index is 12.4. The Morgan fingerprint density at radius 2 is 1.71 bits per heavy atom. The van der Waals surface area contributed by atoms with E-state index in [1.54, 1.807) is 20.8 Å². The lowest BCUT2D eigenvalue weighted by Crippen LogP contribution is -2.60. The summed E-state index contributed by atoms with van der Waals surface area (Å²) in [6, 6.07) is -1.01. The van der Waals surface area contributed by atoms with Crippen molar-refractivity contribution in [1.29, 1.82) is 0 Å². The van der Waals surface area contributed by atoms with E-state index >= 15 is 0 Å². The summed E-state index contributed by atoms with van der Waals surface area (Å²) in [5.41, 5.74) is -0.652. The fourth-order valence-electron chi connectivity index (χ4n) is 2.95. The number of carboxylic acid groups (broad SMARTS) is 1. The van der Waals surface area contributed by atoms with E-state index in [1.807, 2.05) is 0 Å². The molecule has 1 N–H and O–H groups in total. The van der Waals surface area contributed by atoms with E-state index in [2.05, 4.69) is 0 Å². The number of rotatable bonds is 2. The van der Waals surface area contributed by atoms with Crippen molar-refractivity contribution in [3.05, 3.63) is 0 Å². The number of carbonyl (C=O) groups is 3. The first-order valence-corrected chi connectivity index (χ1v) is 8.35. The number of hydrogen-bond donors (Lipinski definition) is 1. The molecule has 8 nitrogen and oxygen atoms in total. The molecule has 1 saturated heterocycles. The third-order valence-corrected chi connectivity index (χ3v) is 4.13. The highest BCUT2D eigenvalue weighted by molar-refractivity contribution is 5.82. The number of hydrogen-bond acceptors (Lipinski definition) is 5. The number of carbonyl (C=O) groups excluding carboxylic acids is 2. The lowest BCUT2D eigenvalue weighted by molar-refractivity contribution is -0.156. The van der Waals surface area contributed by atoms with Crippen LogP contribution >= 0.6 is 0 Å². The summed E-state index contributed by atoms with van der Waals surface area (Å²) in [6.07, 6.45) is 1.75. The van der Waals surface area contributed by atoms with Gasteiger partial charge in [-0.05, 0) is 46.5 Å². The molecule has 0 radical (unpaired) electrons. The van der Waals surface area contributed by atoms with Gasteiger partial charge in [-0.15, -0.1) is 0 Å². The standard InChI is InChI=1S/C16H26N2O6/c1-16(2,3)24-15(22)17-8-9-18(14(20)21)12(10-17)13(19)23-11-6-4-5-7-11/h11-12H,4-10H2,1-3H3,(H,20,21). The Bertz CT molecular complexity index is 495. The van der Waals surface area contributed by atoms with E-state index in [0.717, 1.165) is 30.6 Å². The van der Waals surface area contributed by atoms with Gasteiger partial charge in [-0.25, -0.2) is 14.4 Å². The lowest BCUT2D eigenvalue weighted by atomic mass is 10.1. The molecule has 0 bridgehead atoms. The Hall–Kier alpha value is -1.99. The van der Waals surface area contributed by atoms with Gasteiger partial charge in [-0.1, -0.05) is 0 Å². The van der Waals surface area contributed by atoms with E-state index in [4.69, 9.17) is 9.47 Å². The number of piperazine rings is 1. The van der Waals surface area contributed by atoms with Crippen LogP contribution in [0.1, 0.15) is 46.5 Å². The SMILES string of the molecule is CC(C)(C)OC(=O)N1CCN(C(=O)O)C(C(=O)OC2CCCC2)C1. The minimum atomic E-state index is -1.19. The normalized spacial score (nSPS) is 22.4. The van der Waals surface area contributed by atoms with Crippen LogP contribution in [0.5, 0.6) is 0 Å². The molecule has 1 aliphatic heterocycles. The second-order valence-electron chi connectivity index (χ2n) is 7.26. The van der Waals surface area contributed by atoms with Crippen molar-refractivity contribution in [3.8, 4) is 0 Å². The monoisotopic (exact) mass is 342 g/mol. The van der Waals surface area contributed by atoms with Gasteiger partial charge in [0.25, 0.3) is 0 Å². The zero-order valence-electron chi connectivity index (χ0n) is 14.5. The Morgan fingerprint density at radius 3 is 2.25 bits per heavy atom. The highest BCUT2D eigenvalue weighted by atomic mass is 16.6. The van der Waals surface area contributed by atoms with Crippen LogP contribution in [0.25, 0.3) is 0 Å². The molecule has 136 valence electrons. The van der Waals surface area contributed by atoms with Gasteiger partial charge in [-0.2, -0.15) is 0 Å². The largest absolute Gasteiger partial charge is 0.465 e. The Kier molecular flexibility index (Phi) is 5.56. The van der Waals surface area contributed by atoms with Gasteiger partial charge in [0, 0.05) is 13.1 Å². The summed E-state index contributed by atoms with van der Waals surface area (Å²) in [5.74, 6) is -0.586. The summed E-state index contributed by atoms with van der Waals surface area (Å²) in [6.45, 7) is 5.46. The Morgan fingerprint density at radius 1 is 1.08 bits per heavy atom. The van der Waals surface area contributed by atoms with Crippen molar-refractivity contribution in [2.75, 3.05) is 19.6 Å². The molecule has 0 aromatic heterocycles. The third-order valence-electron chi connectivity index (χ3n) is 4.13. The fraction of sp³-hybridized carbons (Fsp3) is 0.812. The van der Waals surface area contributed by atoms with Gasteiger partial charge < -0.3 is 19.5 Å². The molecule has 8 heteroatoms. The molecule has 1 aliphatic carbocycles. The van der Waals surface area contributed by atoms with Crippen molar-refractivity contribution in [1.82, 2.24) is 9.80 Å². The van der Waals surface area contributed by atoms with E-state index < -0.39 is 29.8 Å². The summed E-state index contributed by atoms with van der Waals surface area (Å²) in [7, 11) is 0. The van der Waals surface area contributed by atoms with Gasteiger partial charge in [0.2, 0.25) is 0 Å². The highest BCUT2D eigenvalue weighted by Crippen LogP contribution is 2.23. The molecule has 24 heavy (non-hydrogen) atoms. The van der Waals surface area contributed by atoms with Crippen molar-refractivity contribution >= 4 is 18.2 Å². The molecule has 0 spiro atoms. The second kappa shape index (κ2) is 7.27. The van der Waals surface area contributed by atoms with Crippen LogP contribution in [-0.4, -0.2) is 70.4 Å². The molecule has 2 fully saturated rings. The predicted molar refractivity (Wildman–Crippen MR) is 84.7 cm³/mol. The van der Waals surface area contributed by atoms with Crippen LogP contribution in [0.2, 0.25) is 0 Å². The number of amides is 2. The van der Waals surface area contributed by atoms with E-state index in [1.165, 1.54) is 4.90 Å². The smallest absolute Gasteiger partial charge is 0.410 e. The number of nitrogens with zero attached hydrogens (tertiary/aromatic N) is 2. The average molecular weight is 342 g/mol. The van der Waals surface area contributed by atoms with E-state index in [0.29, 0.717) is 0 Å². The van der Waals surface area contributed by atoms with Gasteiger partial charge in [-0.3, -0.25) is 4.90 Å². The second-order valence-corrected chi connectivity index (χ2v) is 7.26. The molecule has 2 rings (SSSR count). The number of ether oxygens (including phenoxy) is 2. The van der Waals surface area contributed by atoms with Crippen molar-refractivity contribution in [2.24, 2.45) is 0 Å². The van der Waals surface area contributed by atoms with Gasteiger partial charge in [0.1, 0.15) is 11.7 Å². The van der Waals surface area contributed by atoms with Crippen LogP contribution in [0.4, 0.5) is 9.59 Å². The molecular formula is C16H26N2O6. The molecule has 0 aromatic rings. The molecule has 1 unspecified atom stereocenters. The first-order valence-electron chi connectivity index (χ1n) is 8.35. The van der Waals surface area contributed by atoms with Crippen LogP contribution in [0, 0.1) is 0 Å². The average Bonchev–Trinajstić information content (AvgIpc) is 2.97. The molecule has 1 atom stereocenters. The van der Waals surface area contributed by atoms with Crippen molar-refractivity contribution in [3.63, 3.8) is 0 Å². The molecule has 2 aliphatic rings. The van der Waals surface area contributed by atoms with Crippen molar-refractivity contribution < 1.29 is 29.0 Å². The first-order chi connectivity index (χ1) is 11.2. The van der Waals surface area contributed by atoms with Crippen LogP contribution < -0.4 is 0 Å². The molecular weight excluding hydrogens is 316 g/mol. The summed E-state index contributed by atoms with van der Waals surface area (Å²) < 4.78 is 10.7. The Balaban J connectivity index is 2.03. The predicted octanol–water partition coefficient (Wildman–Crippen LogP) is 2.07. The van der Waals surface area contributed by atoms with Crippen LogP contribution in [0.3, 0.4) is 0 Å². The number of esters is 1. The highest BCUT2D eigenvalue weighted by Gasteiger charge is 2.40. The zero-order valence-corrected chi connectivity index (χ0v) is 14.5. The molecule has 1 heterocycles.